The topological polar surface area (TPSA) is 61.7 Å². The molecular weight excluding hydrogens is 366 g/mol. The van der Waals surface area contributed by atoms with Gasteiger partial charge in [0.2, 0.25) is 5.91 Å². The summed E-state index contributed by atoms with van der Waals surface area (Å²) in [4.78, 5) is 31.9. The molecule has 154 valence electrons. The van der Waals surface area contributed by atoms with Gasteiger partial charge in [-0.3, -0.25) is 14.3 Å². The Balaban J connectivity index is 1.62. The highest BCUT2D eigenvalue weighted by Crippen LogP contribution is 2.46. The number of carbonyl (C=O) groups excluding carboxylic acids is 2. The molecule has 3 atom stereocenters. The van der Waals surface area contributed by atoms with E-state index >= 15 is 0 Å². The van der Waals surface area contributed by atoms with Gasteiger partial charge in [-0.2, -0.15) is 5.10 Å². The van der Waals surface area contributed by atoms with Crippen molar-refractivity contribution in [3.63, 3.8) is 0 Å². The summed E-state index contributed by atoms with van der Waals surface area (Å²) in [6, 6.07) is 10.1. The molecule has 0 radical (unpaired) electrons. The van der Waals surface area contributed by atoms with Crippen LogP contribution in [0.5, 0.6) is 0 Å². The summed E-state index contributed by atoms with van der Waals surface area (Å²) < 4.78 is 1.63. The number of benzene rings is 1. The molecule has 7 heteroatoms. The van der Waals surface area contributed by atoms with Crippen LogP contribution in [0.2, 0.25) is 0 Å². The molecule has 1 aromatic carbocycles. The lowest BCUT2D eigenvalue weighted by molar-refractivity contribution is -0.133. The van der Waals surface area contributed by atoms with E-state index in [0.717, 1.165) is 0 Å². The number of amides is 2. The number of likely N-dealkylation sites (tertiary alicyclic amines) is 2. The van der Waals surface area contributed by atoms with Gasteiger partial charge >= 0.3 is 0 Å². The van der Waals surface area contributed by atoms with Crippen LogP contribution in [0.3, 0.4) is 0 Å². The molecule has 0 N–H and O–H groups in total. The van der Waals surface area contributed by atoms with E-state index in [4.69, 9.17) is 0 Å². The number of hydrogen-bond acceptors (Lipinski definition) is 4. The van der Waals surface area contributed by atoms with E-state index < -0.39 is 0 Å². The Kier molecular flexibility index (Phi) is 5.17. The maximum Gasteiger partial charge on any atom is 0.272 e. The average Bonchev–Trinajstić information content (AvgIpc) is 3.35. The smallest absolute Gasteiger partial charge is 0.272 e. The van der Waals surface area contributed by atoms with Gasteiger partial charge in [-0.15, -0.1) is 0 Å². The number of aromatic nitrogens is 2. The summed E-state index contributed by atoms with van der Waals surface area (Å²) in [5, 5.41) is 4.13. The van der Waals surface area contributed by atoms with Crippen molar-refractivity contribution in [2.24, 2.45) is 18.9 Å². The van der Waals surface area contributed by atoms with Crippen LogP contribution in [0.1, 0.15) is 27.7 Å². The SMILES string of the molecule is Cc1ccccc1[C@H]1[C@@H]2CN(C(=O)c3ccnn3C)C[C@@H]2CN1C(=O)CN(C)C. The first-order valence-electron chi connectivity index (χ1n) is 10.1. The number of nitrogens with zero attached hydrogens (tertiary/aromatic N) is 5. The van der Waals surface area contributed by atoms with Crippen molar-refractivity contribution in [3.8, 4) is 0 Å². The zero-order valence-corrected chi connectivity index (χ0v) is 17.6. The molecule has 2 aromatic rings. The van der Waals surface area contributed by atoms with Crippen LogP contribution in [-0.2, 0) is 11.8 Å². The number of hydrogen-bond donors (Lipinski definition) is 0. The lowest BCUT2D eigenvalue weighted by Gasteiger charge is -2.31. The molecule has 29 heavy (non-hydrogen) atoms. The maximum absolute atomic E-state index is 13.0. The van der Waals surface area contributed by atoms with E-state index in [-0.39, 0.29) is 23.8 Å². The Morgan fingerprint density at radius 1 is 1.14 bits per heavy atom. The summed E-state index contributed by atoms with van der Waals surface area (Å²) in [7, 11) is 5.64. The third kappa shape index (κ3) is 3.55. The highest BCUT2D eigenvalue weighted by molar-refractivity contribution is 5.92. The highest BCUT2D eigenvalue weighted by Gasteiger charge is 2.50. The zero-order chi connectivity index (χ0) is 20.7. The molecular formula is C22H29N5O2. The third-order valence-electron chi connectivity index (χ3n) is 6.27. The number of aryl methyl sites for hydroxylation is 2. The van der Waals surface area contributed by atoms with E-state index in [0.29, 0.717) is 37.8 Å². The molecule has 2 amide bonds. The number of rotatable bonds is 4. The molecule has 2 aliphatic heterocycles. The molecule has 1 aromatic heterocycles. The normalized spacial score (nSPS) is 23.7. The van der Waals surface area contributed by atoms with Crippen molar-refractivity contribution in [2.45, 2.75) is 13.0 Å². The summed E-state index contributed by atoms with van der Waals surface area (Å²) in [5.74, 6) is 0.721. The molecule has 3 heterocycles. The van der Waals surface area contributed by atoms with E-state index in [9.17, 15) is 9.59 Å². The van der Waals surface area contributed by atoms with Crippen LogP contribution in [0.25, 0.3) is 0 Å². The van der Waals surface area contributed by atoms with Crippen molar-refractivity contribution in [1.29, 1.82) is 0 Å². The number of likely N-dealkylation sites (N-methyl/N-ethyl adjacent to an activating group) is 1. The first-order chi connectivity index (χ1) is 13.9. The predicted octanol–water partition coefficient (Wildman–Crippen LogP) is 1.56. The van der Waals surface area contributed by atoms with Gasteiger partial charge in [-0.05, 0) is 38.2 Å². The average molecular weight is 396 g/mol. The van der Waals surface area contributed by atoms with Crippen molar-refractivity contribution in [3.05, 3.63) is 53.3 Å². The Bertz CT molecular complexity index is 921. The van der Waals surface area contributed by atoms with Crippen LogP contribution in [0, 0.1) is 18.8 Å². The Morgan fingerprint density at radius 3 is 2.55 bits per heavy atom. The van der Waals surface area contributed by atoms with Gasteiger partial charge in [-0.25, -0.2) is 0 Å². The molecule has 0 unspecified atom stereocenters. The summed E-state index contributed by atoms with van der Waals surface area (Å²) >= 11 is 0. The lowest BCUT2D eigenvalue weighted by atomic mass is 9.87. The first kappa shape index (κ1) is 19.6. The summed E-state index contributed by atoms with van der Waals surface area (Å²) in [6.07, 6.45) is 1.65. The molecule has 2 saturated heterocycles. The van der Waals surface area contributed by atoms with Gasteiger partial charge in [0.1, 0.15) is 5.69 Å². The van der Waals surface area contributed by atoms with Crippen LogP contribution < -0.4 is 0 Å². The van der Waals surface area contributed by atoms with E-state index in [2.05, 4.69) is 24.2 Å². The summed E-state index contributed by atoms with van der Waals surface area (Å²) in [6.45, 7) is 4.55. The second kappa shape index (κ2) is 7.63. The van der Waals surface area contributed by atoms with Crippen molar-refractivity contribution in [2.75, 3.05) is 40.3 Å². The lowest BCUT2D eigenvalue weighted by Crippen LogP contribution is -2.41. The fourth-order valence-electron chi connectivity index (χ4n) is 4.89. The van der Waals surface area contributed by atoms with Gasteiger partial charge in [-0.1, -0.05) is 24.3 Å². The number of carbonyl (C=O) groups is 2. The predicted molar refractivity (Wildman–Crippen MR) is 110 cm³/mol. The second-order valence-electron chi connectivity index (χ2n) is 8.56. The van der Waals surface area contributed by atoms with Crippen LogP contribution in [0.4, 0.5) is 0 Å². The summed E-state index contributed by atoms with van der Waals surface area (Å²) in [5.41, 5.74) is 3.00. The van der Waals surface area contributed by atoms with Crippen LogP contribution in [0.15, 0.2) is 36.5 Å². The molecule has 0 saturated carbocycles. The molecule has 0 bridgehead atoms. The number of fused-ring (bicyclic) bond motifs is 1. The Labute approximate surface area is 171 Å². The van der Waals surface area contributed by atoms with E-state index in [1.54, 1.807) is 24.0 Å². The maximum atomic E-state index is 13.0. The fourth-order valence-corrected chi connectivity index (χ4v) is 4.89. The fraction of sp³-hybridized carbons (Fsp3) is 0.500. The Hall–Kier alpha value is -2.67. The van der Waals surface area contributed by atoms with E-state index in [1.807, 2.05) is 40.9 Å². The molecule has 2 aliphatic rings. The molecule has 4 rings (SSSR count). The van der Waals surface area contributed by atoms with Crippen molar-refractivity contribution < 1.29 is 9.59 Å². The molecule has 0 aliphatic carbocycles. The minimum absolute atomic E-state index is 0.0120. The van der Waals surface area contributed by atoms with E-state index in [1.165, 1.54) is 11.1 Å². The Morgan fingerprint density at radius 2 is 1.90 bits per heavy atom. The highest BCUT2D eigenvalue weighted by atomic mass is 16.2. The van der Waals surface area contributed by atoms with Gasteiger partial charge in [0.05, 0.1) is 12.6 Å². The third-order valence-corrected chi connectivity index (χ3v) is 6.27. The standard InChI is InChI=1S/C22H29N5O2/c1-15-7-5-6-8-17(15)21-18-13-26(22(29)19-9-10-23-25(19)4)11-16(18)12-27(21)20(28)14-24(2)3/h5-10,16,18,21H,11-14H2,1-4H3/t16-,18-,21+/m1/s1. The second-order valence-corrected chi connectivity index (χ2v) is 8.56. The first-order valence-corrected chi connectivity index (χ1v) is 10.1. The van der Waals surface area contributed by atoms with Crippen LogP contribution >= 0.6 is 0 Å². The molecule has 0 spiro atoms. The van der Waals surface area contributed by atoms with Gasteiger partial charge < -0.3 is 14.7 Å². The van der Waals surface area contributed by atoms with Gasteiger partial charge in [0.25, 0.3) is 5.91 Å². The minimum atomic E-state index is 0.0120. The largest absolute Gasteiger partial charge is 0.337 e. The monoisotopic (exact) mass is 395 g/mol. The minimum Gasteiger partial charge on any atom is -0.337 e. The van der Waals surface area contributed by atoms with Crippen molar-refractivity contribution >= 4 is 11.8 Å². The zero-order valence-electron chi connectivity index (χ0n) is 17.6. The van der Waals surface area contributed by atoms with Crippen LogP contribution in [-0.4, -0.2) is 76.6 Å². The molecule has 2 fully saturated rings. The van der Waals surface area contributed by atoms with Crippen molar-refractivity contribution in [1.82, 2.24) is 24.5 Å². The van der Waals surface area contributed by atoms with Gasteiger partial charge in [0, 0.05) is 44.7 Å². The molecule has 7 nitrogen and oxygen atoms in total. The van der Waals surface area contributed by atoms with Gasteiger partial charge in [0.15, 0.2) is 0 Å². The quantitative estimate of drug-likeness (QED) is 0.788.